The number of amides is 2. The predicted molar refractivity (Wildman–Crippen MR) is 119 cm³/mol. The van der Waals surface area contributed by atoms with Crippen LogP contribution in [0.15, 0.2) is 91.0 Å². The molecule has 1 saturated heterocycles. The van der Waals surface area contributed by atoms with Crippen molar-refractivity contribution in [3.63, 3.8) is 0 Å². The lowest BCUT2D eigenvalue weighted by molar-refractivity contribution is -0.120. The van der Waals surface area contributed by atoms with Gasteiger partial charge in [-0.05, 0) is 29.2 Å². The van der Waals surface area contributed by atoms with Gasteiger partial charge in [0.05, 0.1) is 7.11 Å². The van der Waals surface area contributed by atoms with Crippen LogP contribution in [0.25, 0.3) is 0 Å². The Morgan fingerprint density at radius 2 is 1.21 bits per heavy atom. The van der Waals surface area contributed by atoms with E-state index in [4.69, 9.17) is 4.74 Å². The minimum Gasteiger partial charge on any atom is -0.452 e. The van der Waals surface area contributed by atoms with Crippen molar-refractivity contribution < 1.29 is 14.3 Å². The number of carbonyl (C=O) groups excluding carboxylic acids is 2. The fraction of sp³-hybridized carbons (Fsp3) is 0.125. The van der Waals surface area contributed by atoms with Crippen molar-refractivity contribution in [1.29, 1.82) is 0 Å². The van der Waals surface area contributed by atoms with Crippen LogP contribution in [-0.4, -0.2) is 35.8 Å². The summed E-state index contributed by atoms with van der Waals surface area (Å²) in [7, 11) is 1.31. The fourth-order valence-corrected chi connectivity index (χ4v) is 8.58. The van der Waals surface area contributed by atoms with Crippen molar-refractivity contribution in [2.75, 3.05) is 13.7 Å². The first-order valence-corrected chi connectivity index (χ1v) is 11.3. The van der Waals surface area contributed by atoms with Gasteiger partial charge in [-0.15, -0.1) is 0 Å². The minimum absolute atomic E-state index is 0.234. The molecule has 3 aromatic carbocycles. The Labute approximate surface area is 170 Å². The van der Waals surface area contributed by atoms with Crippen molar-refractivity contribution in [3.8, 4) is 0 Å². The van der Waals surface area contributed by atoms with E-state index in [2.05, 4.69) is 36.4 Å². The zero-order valence-electron chi connectivity index (χ0n) is 16.2. The quantitative estimate of drug-likeness (QED) is 0.632. The van der Waals surface area contributed by atoms with Crippen molar-refractivity contribution in [3.05, 3.63) is 91.0 Å². The molecule has 0 spiro atoms. The fourth-order valence-electron chi connectivity index (χ4n) is 4.05. The van der Waals surface area contributed by atoms with E-state index in [0.29, 0.717) is 13.0 Å². The summed E-state index contributed by atoms with van der Waals surface area (Å²) in [5.41, 5.74) is 0. The Balaban J connectivity index is 2.13. The van der Waals surface area contributed by atoms with E-state index < -0.39 is 13.0 Å². The third kappa shape index (κ3) is 3.20. The van der Waals surface area contributed by atoms with Gasteiger partial charge in [0.2, 0.25) is 0 Å². The lowest BCUT2D eigenvalue weighted by atomic mass is 10.3. The Morgan fingerprint density at radius 3 is 1.59 bits per heavy atom. The molecule has 0 unspecified atom stereocenters. The van der Waals surface area contributed by atoms with E-state index in [1.165, 1.54) is 12.0 Å². The third-order valence-corrected chi connectivity index (χ3v) is 9.74. The van der Waals surface area contributed by atoms with Gasteiger partial charge in [-0.1, -0.05) is 91.0 Å². The molecule has 29 heavy (non-hydrogen) atoms. The number of imide groups is 1. The molecule has 0 atom stereocenters. The van der Waals surface area contributed by atoms with Crippen LogP contribution in [0.5, 0.6) is 0 Å². The molecule has 2 amide bonds. The predicted octanol–water partition coefficient (Wildman–Crippen LogP) is 3.15. The molecule has 0 aliphatic carbocycles. The second-order valence-electron chi connectivity index (χ2n) is 6.80. The van der Waals surface area contributed by atoms with Gasteiger partial charge in [0.25, 0.3) is 5.91 Å². The maximum atomic E-state index is 13.5. The molecule has 1 aliphatic rings. The molecule has 0 saturated carbocycles. The molecule has 5 heteroatoms. The van der Waals surface area contributed by atoms with Gasteiger partial charge in [-0.2, -0.15) is 0 Å². The second kappa shape index (κ2) is 8.10. The van der Waals surface area contributed by atoms with Crippen LogP contribution in [-0.2, 0) is 9.53 Å². The van der Waals surface area contributed by atoms with Gasteiger partial charge in [-0.3, -0.25) is 4.79 Å². The molecule has 1 fully saturated rings. The average Bonchev–Trinajstić information content (AvgIpc) is 3.18. The number of hydrogen-bond donors (Lipinski definition) is 0. The van der Waals surface area contributed by atoms with Crippen LogP contribution in [0, 0.1) is 0 Å². The monoisotopic (exact) mass is 403 g/mol. The highest BCUT2D eigenvalue weighted by molar-refractivity contribution is 7.96. The maximum Gasteiger partial charge on any atom is 0.416 e. The molecule has 0 radical (unpaired) electrons. The molecule has 0 N–H and O–H groups in total. The third-order valence-electron chi connectivity index (χ3n) is 5.29. The lowest BCUT2D eigenvalue weighted by Crippen LogP contribution is -2.37. The molecule has 1 aliphatic heterocycles. The van der Waals surface area contributed by atoms with Crippen LogP contribution in [0.1, 0.15) is 6.42 Å². The lowest BCUT2D eigenvalue weighted by Gasteiger charge is -2.31. The number of methoxy groups -OCH3 is 1. The number of benzene rings is 3. The standard InChI is InChI=1S/C24H22NO3P/c1-28-24(27)25-18-17-22(23(25)26)29(19-11-5-2-6-12-19,20-13-7-3-8-14-20)21-15-9-4-10-16-21/h2-16H,17-18H2,1H3. The molecular formula is C24H22NO3P. The van der Waals surface area contributed by atoms with E-state index in [0.717, 1.165) is 21.2 Å². The first-order valence-electron chi connectivity index (χ1n) is 9.51. The van der Waals surface area contributed by atoms with Crippen molar-refractivity contribution >= 4 is 40.1 Å². The second-order valence-corrected chi connectivity index (χ2v) is 10.2. The molecule has 4 nitrogen and oxygen atoms in total. The smallest absolute Gasteiger partial charge is 0.416 e. The first kappa shape index (κ1) is 19.2. The highest BCUT2D eigenvalue weighted by Gasteiger charge is 2.40. The van der Waals surface area contributed by atoms with Gasteiger partial charge in [0.15, 0.2) is 0 Å². The Bertz CT molecular complexity index is 975. The Kier molecular flexibility index (Phi) is 5.37. The molecule has 1 heterocycles. The van der Waals surface area contributed by atoms with Gasteiger partial charge in [0, 0.05) is 11.8 Å². The minimum atomic E-state index is -2.43. The molecule has 0 aromatic heterocycles. The van der Waals surface area contributed by atoms with E-state index >= 15 is 0 Å². The van der Waals surface area contributed by atoms with Crippen LogP contribution in [0.4, 0.5) is 4.79 Å². The van der Waals surface area contributed by atoms with Crippen molar-refractivity contribution in [2.24, 2.45) is 0 Å². The molecule has 4 rings (SSSR count). The summed E-state index contributed by atoms with van der Waals surface area (Å²) in [6.07, 6.45) is -0.0716. The zero-order chi connectivity index (χ0) is 20.3. The highest BCUT2D eigenvalue weighted by atomic mass is 31.2. The normalized spacial score (nSPS) is 14.2. The van der Waals surface area contributed by atoms with Crippen LogP contribution < -0.4 is 15.9 Å². The summed E-state index contributed by atoms with van der Waals surface area (Å²) in [6.45, 7) is -2.08. The topological polar surface area (TPSA) is 46.6 Å². The van der Waals surface area contributed by atoms with E-state index in [-0.39, 0.29) is 5.91 Å². The number of nitrogens with zero attached hydrogens (tertiary/aromatic N) is 1. The number of ether oxygens (including phenoxy) is 1. The summed E-state index contributed by atoms with van der Waals surface area (Å²) < 4.78 is 4.85. The Hall–Kier alpha value is -3.10. The van der Waals surface area contributed by atoms with Gasteiger partial charge >= 0.3 is 6.09 Å². The molecule has 0 bridgehead atoms. The molecule has 3 aromatic rings. The summed E-state index contributed by atoms with van der Waals surface area (Å²) in [5, 5.41) is 4.10. The van der Waals surface area contributed by atoms with Crippen molar-refractivity contribution in [1.82, 2.24) is 4.90 Å². The van der Waals surface area contributed by atoms with E-state index in [1.807, 2.05) is 54.6 Å². The molecular weight excluding hydrogens is 381 g/mol. The van der Waals surface area contributed by atoms with Gasteiger partial charge in [0.1, 0.15) is 0 Å². The maximum absolute atomic E-state index is 13.5. The van der Waals surface area contributed by atoms with Crippen molar-refractivity contribution in [2.45, 2.75) is 6.42 Å². The van der Waals surface area contributed by atoms with Crippen LogP contribution in [0.2, 0.25) is 0 Å². The Morgan fingerprint density at radius 1 is 0.793 bits per heavy atom. The number of likely N-dealkylation sites (tertiary alicyclic amines) is 1. The zero-order valence-corrected chi connectivity index (χ0v) is 17.1. The average molecular weight is 403 g/mol. The number of hydrogen-bond acceptors (Lipinski definition) is 3. The SMILES string of the molecule is COC(=O)N1CCC(=P(c2ccccc2)(c2ccccc2)c2ccccc2)C1=O. The highest BCUT2D eigenvalue weighted by Crippen LogP contribution is 2.48. The summed E-state index contributed by atoms with van der Waals surface area (Å²) in [6, 6.07) is 30.5. The first-order chi connectivity index (χ1) is 14.2. The van der Waals surface area contributed by atoms with E-state index in [9.17, 15) is 9.59 Å². The number of rotatable bonds is 3. The van der Waals surface area contributed by atoms with Gasteiger partial charge in [-0.25, -0.2) is 9.69 Å². The largest absolute Gasteiger partial charge is 0.452 e. The van der Waals surface area contributed by atoms with Crippen LogP contribution in [0.3, 0.4) is 0 Å². The number of carbonyl (C=O) groups is 2. The molecule has 146 valence electrons. The van der Waals surface area contributed by atoms with Crippen LogP contribution >= 0.6 is 6.89 Å². The summed E-state index contributed by atoms with van der Waals surface area (Å²) in [5.74, 6) is -0.234. The summed E-state index contributed by atoms with van der Waals surface area (Å²) in [4.78, 5) is 26.9. The van der Waals surface area contributed by atoms with E-state index in [1.54, 1.807) is 0 Å². The van der Waals surface area contributed by atoms with Gasteiger partial charge < -0.3 is 4.74 Å². The summed E-state index contributed by atoms with van der Waals surface area (Å²) >= 11 is 0.